The molecular weight excluding hydrogens is 294 g/mol. The maximum atomic E-state index is 6.31. The van der Waals surface area contributed by atoms with E-state index in [9.17, 15) is 0 Å². The Bertz CT molecular complexity index is 413. The van der Waals surface area contributed by atoms with Crippen molar-refractivity contribution in [2.75, 3.05) is 14.2 Å². The molecule has 100 valence electrons. The molecule has 1 aromatic rings. The van der Waals surface area contributed by atoms with Gasteiger partial charge in [-0.3, -0.25) is 0 Å². The van der Waals surface area contributed by atoms with Crippen molar-refractivity contribution < 1.29 is 9.47 Å². The van der Waals surface area contributed by atoms with Crippen LogP contribution in [0.3, 0.4) is 0 Å². The quantitative estimate of drug-likeness (QED) is 0.909. The third-order valence-corrected chi connectivity index (χ3v) is 4.57. The van der Waals surface area contributed by atoms with Crippen molar-refractivity contribution >= 4 is 15.9 Å². The lowest BCUT2D eigenvalue weighted by Crippen LogP contribution is -2.55. The maximum Gasteiger partial charge on any atom is 0.133 e. The molecule has 1 saturated carbocycles. The summed E-state index contributed by atoms with van der Waals surface area (Å²) < 4.78 is 11.8. The summed E-state index contributed by atoms with van der Waals surface area (Å²) in [5.41, 5.74) is 7.41. The Kier molecular flexibility index (Phi) is 4.30. The van der Waals surface area contributed by atoms with Gasteiger partial charge in [-0.05, 0) is 59.3 Å². The van der Waals surface area contributed by atoms with Gasteiger partial charge in [0.05, 0.1) is 17.2 Å². The Balaban J connectivity index is 2.07. The van der Waals surface area contributed by atoms with Gasteiger partial charge in [0.15, 0.2) is 0 Å². The third kappa shape index (κ3) is 2.56. The normalized spacial score (nSPS) is 19.1. The van der Waals surface area contributed by atoms with Crippen LogP contribution >= 0.6 is 15.9 Å². The van der Waals surface area contributed by atoms with Crippen molar-refractivity contribution in [2.45, 2.75) is 37.3 Å². The number of nitrogens with two attached hydrogens (primary N) is 1. The van der Waals surface area contributed by atoms with E-state index in [0.717, 1.165) is 29.5 Å². The van der Waals surface area contributed by atoms with Gasteiger partial charge in [-0.15, -0.1) is 0 Å². The molecule has 18 heavy (non-hydrogen) atoms. The number of halogens is 1. The molecule has 1 fully saturated rings. The summed E-state index contributed by atoms with van der Waals surface area (Å²) in [5, 5.41) is 0. The number of ether oxygens (including phenoxy) is 2. The van der Waals surface area contributed by atoms with Crippen LogP contribution < -0.4 is 10.5 Å². The molecule has 1 aromatic carbocycles. The summed E-state index contributed by atoms with van der Waals surface area (Å²) in [6.07, 6.45) is 4.19. The highest BCUT2D eigenvalue weighted by Crippen LogP contribution is 2.38. The average molecular weight is 314 g/mol. The Morgan fingerprint density at radius 1 is 1.39 bits per heavy atom. The highest BCUT2D eigenvalue weighted by atomic mass is 79.9. The van der Waals surface area contributed by atoms with Gasteiger partial charge < -0.3 is 15.2 Å². The van der Waals surface area contributed by atoms with Gasteiger partial charge in [0.25, 0.3) is 0 Å². The summed E-state index contributed by atoms with van der Waals surface area (Å²) in [7, 11) is 3.43. The van der Waals surface area contributed by atoms with Gasteiger partial charge >= 0.3 is 0 Å². The molecule has 1 aliphatic carbocycles. The summed E-state index contributed by atoms with van der Waals surface area (Å²) in [5.74, 6) is 0.845. The highest BCUT2D eigenvalue weighted by Gasteiger charge is 2.42. The lowest BCUT2D eigenvalue weighted by Gasteiger charge is -2.45. The molecule has 0 radical (unpaired) electrons. The first-order chi connectivity index (χ1) is 8.61. The van der Waals surface area contributed by atoms with E-state index in [1.165, 1.54) is 12.0 Å². The van der Waals surface area contributed by atoms with Crippen LogP contribution in [0, 0.1) is 0 Å². The first-order valence-corrected chi connectivity index (χ1v) is 7.04. The Hall–Kier alpha value is -0.580. The molecule has 2 N–H and O–H groups in total. The average Bonchev–Trinajstić information content (AvgIpc) is 2.28. The largest absolute Gasteiger partial charge is 0.496 e. The first-order valence-electron chi connectivity index (χ1n) is 6.24. The minimum absolute atomic E-state index is 0.0524. The van der Waals surface area contributed by atoms with E-state index < -0.39 is 0 Å². The van der Waals surface area contributed by atoms with Crippen molar-refractivity contribution in [3.63, 3.8) is 0 Å². The molecule has 0 bridgehead atoms. The molecule has 0 aromatic heterocycles. The van der Waals surface area contributed by atoms with E-state index in [2.05, 4.69) is 28.1 Å². The van der Waals surface area contributed by atoms with Crippen molar-refractivity contribution in [3.05, 3.63) is 28.2 Å². The van der Waals surface area contributed by atoms with Crippen molar-refractivity contribution in [1.29, 1.82) is 0 Å². The minimum atomic E-state index is -0.105. The van der Waals surface area contributed by atoms with E-state index in [1.54, 1.807) is 14.2 Å². The van der Waals surface area contributed by atoms with Crippen LogP contribution in [0.2, 0.25) is 0 Å². The van der Waals surface area contributed by atoms with Crippen LogP contribution in [0.1, 0.15) is 24.8 Å². The molecule has 0 amide bonds. The van der Waals surface area contributed by atoms with E-state index in [4.69, 9.17) is 15.2 Å². The molecular formula is C14H20BrNO2. The van der Waals surface area contributed by atoms with E-state index in [0.29, 0.717) is 0 Å². The zero-order valence-electron chi connectivity index (χ0n) is 10.9. The second-order valence-corrected chi connectivity index (χ2v) is 5.76. The second kappa shape index (κ2) is 5.59. The van der Waals surface area contributed by atoms with Crippen LogP contribution in [0.25, 0.3) is 0 Å². The molecule has 1 unspecified atom stereocenters. The zero-order valence-corrected chi connectivity index (χ0v) is 12.5. The SMILES string of the molecule is COc1ccc(CC(N)C2(OC)CCC2)cc1Br. The highest BCUT2D eigenvalue weighted by molar-refractivity contribution is 9.10. The number of rotatable bonds is 5. The summed E-state index contributed by atoms with van der Waals surface area (Å²) in [4.78, 5) is 0. The Labute approximate surface area is 117 Å². The van der Waals surface area contributed by atoms with E-state index in [1.807, 2.05) is 6.07 Å². The molecule has 1 aliphatic rings. The number of benzene rings is 1. The summed E-state index contributed by atoms with van der Waals surface area (Å²) in [6, 6.07) is 6.15. The van der Waals surface area contributed by atoms with Gasteiger partial charge in [0, 0.05) is 13.2 Å². The van der Waals surface area contributed by atoms with Crippen LogP contribution in [0.5, 0.6) is 5.75 Å². The molecule has 4 heteroatoms. The summed E-state index contributed by atoms with van der Waals surface area (Å²) in [6.45, 7) is 0. The van der Waals surface area contributed by atoms with Gasteiger partial charge in [0.1, 0.15) is 5.75 Å². The van der Waals surface area contributed by atoms with Gasteiger partial charge in [-0.2, -0.15) is 0 Å². The lowest BCUT2D eigenvalue weighted by molar-refractivity contribution is -0.0897. The molecule has 0 heterocycles. The first kappa shape index (κ1) is 13.8. The van der Waals surface area contributed by atoms with Crippen molar-refractivity contribution in [2.24, 2.45) is 5.73 Å². The van der Waals surface area contributed by atoms with Crippen LogP contribution in [0.4, 0.5) is 0 Å². The summed E-state index contributed by atoms with van der Waals surface area (Å²) >= 11 is 3.50. The second-order valence-electron chi connectivity index (χ2n) is 4.90. The zero-order chi connectivity index (χ0) is 13.2. The van der Waals surface area contributed by atoms with Crippen LogP contribution in [-0.2, 0) is 11.2 Å². The smallest absolute Gasteiger partial charge is 0.133 e. The fraction of sp³-hybridized carbons (Fsp3) is 0.571. The van der Waals surface area contributed by atoms with E-state index in [-0.39, 0.29) is 11.6 Å². The number of hydrogen-bond acceptors (Lipinski definition) is 3. The van der Waals surface area contributed by atoms with Gasteiger partial charge in [-0.25, -0.2) is 0 Å². The monoisotopic (exact) mass is 313 g/mol. The number of hydrogen-bond donors (Lipinski definition) is 1. The molecule has 1 atom stereocenters. The van der Waals surface area contributed by atoms with E-state index >= 15 is 0 Å². The predicted octanol–water partition coefficient (Wildman–Crippen LogP) is 2.90. The third-order valence-electron chi connectivity index (χ3n) is 3.95. The van der Waals surface area contributed by atoms with Gasteiger partial charge in [0.2, 0.25) is 0 Å². The van der Waals surface area contributed by atoms with Crippen LogP contribution in [0.15, 0.2) is 22.7 Å². The fourth-order valence-electron chi connectivity index (χ4n) is 2.53. The maximum absolute atomic E-state index is 6.31. The predicted molar refractivity (Wildman–Crippen MR) is 76.0 cm³/mol. The molecule has 0 saturated heterocycles. The molecule has 0 spiro atoms. The number of methoxy groups -OCH3 is 2. The Morgan fingerprint density at radius 3 is 2.56 bits per heavy atom. The van der Waals surface area contributed by atoms with Gasteiger partial charge in [-0.1, -0.05) is 6.07 Å². The molecule has 3 nitrogen and oxygen atoms in total. The standard InChI is InChI=1S/C14H20BrNO2/c1-17-12-5-4-10(8-11(12)15)9-13(16)14(18-2)6-3-7-14/h4-5,8,13H,3,6-7,9,16H2,1-2H3. The fourth-order valence-corrected chi connectivity index (χ4v) is 3.12. The van der Waals surface area contributed by atoms with Crippen molar-refractivity contribution in [3.8, 4) is 5.75 Å². The topological polar surface area (TPSA) is 44.5 Å². The minimum Gasteiger partial charge on any atom is -0.496 e. The Morgan fingerprint density at radius 2 is 2.11 bits per heavy atom. The van der Waals surface area contributed by atoms with Crippen LogP contribution in [-0.4, -0.2) is 25.9 Å². The lowest BCUT2D eigenvalue weighted by atomic mass is 9.73. The molecule has 0 aliphatic heterocycles. The molecule has 2 rings (SSSR count). The van der Waals surface area contributed by atoms with Crippen molar-refractivity contribution in [1.82, 2.24) is 0 Å².